The van der Waals surface area contributed by atoms with Gasteiger partial charge in [0.25, 0.3) is 5.91 Å². The summed E-state index contributed by atoms with van der Waals surface area (Å²) in [6, 6.07) is 5.63. The molecule has 0 atom stereocenters. The minimum Gasteiger partial charge on any atom is -0.435 e. The molecule has 0 spiro atoms. The van der Waals surface area contributed by atoms with Gasteiger partial charge in [-0.05, 0) is 38.1 Å². The first-order valence-electron chi connectivity index (χ1n) is 5.87. The number of carbonyl (C=O) groups excluding carboxylic acids is 1. The third-order valence-electron chi connectivity index (χ3n) is 2.54. The van der Waals surface area contributed by atoms with Crippen LogP contribution in [0.5, 0.6) is 5.75 Å². The Balaban J connectivity index is 2.81. The van der Waals surface area contributed by atoms with Gasteiger partial charge in [-0.25, -0.2) is 0 Å². The van der Waals surface area contributed by atoms with E-state index in [1.54, 1.807) is 4.90 Å². The van der Waals surface area contributed by atoms with Crippen LogP contribution in [0, 0.1) is 0 Å². The van der Waals surface area contributed by atoms with Crippen molar-refractivity contribution in [2.75, 3.05) is 12.4 Å². The van der Waals surface area contributed by atoms with Gasteiger partial charge in [0.05, 0.1) is 0 Å². The average Bonchev–Trinajstić information content (AvgIpc) is 2.35. The monoisotopic (exact) mass is 291 g/mol. The lowest BCUT2D eigenvalue weighted by Crippen LogP contribution is -2.38. The summed E-state index contributed by atoms with van der Waals surface area (Å²) in [5.41, 5.74) is 0.417. The largest absolute Gasteiger partial charge is 0.435 e. The van der Waals surface area contributed by atoms with E-state index >= 15 is 0 Å². The third kappa shape index (κ3) is 4.67. The van der Waals surface area contributed by atoms with Crippen LogP contribution in [0.2, 0.25) is 0 Å². The normalized spacial score (nSPS) is 10.9. The summed E-state index contributed by atoms with van der Waals surface area (Å²) >= 11 is 5.66. The van der Waals surface area contributed by atoms with Crippen molar-refractivity contribution in [1.29, 1.82) is 0 Å². The zero-order valence-corrected chi connectivity index (χ0v) is 11.5. The summed E-state index contributed by atoms with van der Waals surface area (Å²) in [6.07, 6.45) is 0. The SMILES string of the molecule is CC(C)N(CCCl)C(=O)c1ccc(OC(F)F)cc1. The van der Waals surface area contributed by atoms with Crippen LogP contribution in [0.3, 0.4) is 0 Å². The van der Waals surface area contributed by atoms with Gasteiger partial charge in [0.15, 0.2) is 0 Å². The minimum atomic E-state index is -2.87. The van der Waals surface area contributed by atoms with Crippen LogP contribution < -0.4 is 4.74 Å². The van der Waals surface area contributed by atoms with Crippen LogP contribution in [0.4, 0.5) is 8.78 Å². The smallest absolute Gasteiger partial charge is 0.387 e. The number of halogens is 3. The Labute approximate surface area is 116 Å². The second-order valence-electron chi connectivity index (χ2n) is 4.18. The number of rotatable bonds is 6. The number of nitrogens with zero attached hydrogens (tertiary/aromatic N) is 1. The topological polar surface area (TPSA) is 29.5 Å². The average molecular weight is 292 g/mol. The lowest BCUT2D eigenvalue weighted by atomic mass is 10.1. The second-order valence-corrected chi connectivity index (χ2v) is 4.56. The Morgan fingerprint density at radius 3 is 2.32 bits per heavy atom. The molecule has 3 nitrogen and oxygen atoms in total. The quantitative estimate of drug-likeness (QED) is 0.752. The molecule has 106 valence electrons. The van der Waals surface area contributed by atoms with E-state index in [1.807, 2.05) is 13.8 Å². The van der Waals surface area contributed by atoms with Crippen LogP contribution >= 0.6 is 11.6 Å². The van der Waals surface area contributed by atoms with Gasteiger partial charge in [-0.3, -0.25) is 4.79 Å². The van der Waals surface area contributed by atoms with E-state index in [0.29, 0.717) is 18.0 Å². The summed E-state index contributed by atoms with van der Waals surface area (Å²) in [5.74, 6) is 0.190. The van der Waals surface area contributed by atoms with E-state index in [-0.39, 0.29) is 17.7 Å². The standard InChI is InChI=1S/C13H16ClF2NO2/c1-9(2)17(8-7-14)12(18)10-3-5-11(6-4-10)19-13(15)16/h3-6,9,13H,7-8H2,1-2H3. The molecule has 0 aromatic heterocycles. The van der Waals surface area contributed by atoms with Gasteiger partial charge >= 0.3 is 6.61 Å². The lowest BCUT2D eigenvalue weighted by molar-refractivity contribution is -0.0498. The molecule has 0 aliphatic rings. The summed E-state index contributed by atoms with van der Waals surface area (Å²) in [6.45, 7) is 1.34. The van der Waals surface area contributed by atoms with Crippen molar-refractivity contribution in [3.8, 4) is 5.75 Å². The summed E-state index contributed by atoms with van der Waals surface area (Å²) in [4.78, 5) is 13.8. The Kier molecular flexibility index (Phi) is 6.02. The van der Waals surface area contributed by atoms with Gasteiger partial charge in [0.2, 0.25) is 0 Å². The van der Waals surface area contributed by atoms with Crippen molar-refractivity contribution in [3.05, 3.63) is 29.8 Å². The summed E-state index contributed by atoms with van der Waals surface area (Å²) in [5, 5.41) is 0. The number of carbonyl (C=O) groups is 1. The molecular formula is C13H16ClF2NO2. The molecule has 19 heavy (non-hydrogen) atoms. The molecule has 6 heteroatoms. The van der Waals surface area contributed by atoms with Crippen molar-refractivity contribution in [3.63, 3.8) is 0 Å². The number of amides is 1. The van der Waals surface area contributed by atoms with Crippen molar-refractivity contribution in [1.82, 2.24) is 4.90 Å². The predicted molar refractivity (Wildman–Crippen MR) is 70.0 cm³/mol. The van der Waals surface area contributed by atoms with E-state index in [9.17, 15) is 13.6 Å². The van der Waals surface area contributed by atoms with Crippen molar-refractivity contribution < 1.29 is 18.3 Å². The fourth-order valence-corrected chi connectivity index (χ4v) is 1.81. The fraction of sp³-hybridized carbons (Fsp3) is 0.462. The molecular weight excluding hydrogens is 276 g/mol. The van der Waals surface area contributed by atoms with Crippen LogP contribution in [-0.4, -0.2) is 35.9 Å². The molecule has 0 unspecified atom stereocenters. The maximum Gasteiger partial charge on any atom is 0.387 e. The van der Waals surface area contributed by atoms with Crippen LogP contribution in [0.1, 0.15) is 24.2 Å². The van der Waals surface area contributed by atoms with Gasteiger partial charge in [-0.2, -0.15) is 8.78 Å². The van der Waals surface area contributed by atoms with Gasteiger partial charge < -0.3 is 9.64 Å². The van der Waals surface area contributed by atoms with Crippen molar-refractivity contribution >= 4 is 17.5 Å². The van der Waals surface area contributed by atoms with E-state index < -0.39 is 6.61 Å². The maximum atomic E-state index is 12.2. The van der Waals surface area contributed by atoms with Crippen LogP contribution in [0.25, 0.3) is 0 Å². The van der Waals surface area contributed by atoms with Gasteiger partial charge in [0, 0.05) is 24.0 Å². The highest BCUT2D eigenvalue weighted by molar-refractivity contribution is 6.18. The Bertz CT molecular complexity index is 410. The highest BCUT2D eigenvalue weighted by atomic mass is 35.5. The number of hydrogen-bond donors (Lipinski definition) is 0. The van der Waals surface area contributed by atoms with Gasteiger partial charge in [-0.1, -0.05) is 0 Å². The molecule has 0 aliphatic heterocycles. The molecule has 0 heterocycles. The second kappa shape index (κ2) is 7.28. The number of hydrogen-bond acceptors (Lipinski definition) is 2. The summed E-state index contributed by atoms with van der Waals surface area (Å²) < 4.78 is 28.2. The molecule has 1 aromatic rings. The Morgan fingerprint density at radius 2 is 1.89 bits per heavy atom. The highest BCUT2D eigenvalue weighted by Gasteiger charge is 2.18. The summed E-state index contributed by atoms with van der Waals surface area (Å²) in [7, 11) is 0. The van der Waals surface area contributed by atoms with E-state index in [0.717, 1.165) is 0 Å². The van der Waals surface area contributed by atoms with E-state index in [2.05, 4.69) is 4.74 Å². The lowest BCUT2D eigenvalue weighted by Gasteiger charge is -2.26. The first kappa shape index (κ1) is 15.7. The maximum absolute atomic E-state index is 12.2. The zero-order chi connectivity index (χ0) is 14.4. The predicted octanol–water partition coefficient (Wildman–Crippen LogP) is 3.38. The van der Waals surface area contributed by atoms with Gasteiger partial charge in [-0.15, -0.1) is 11.6 Å². The molecule has 1 amide bonds. The minimum absolute atomic E-state index is 0.0169. The first-order valence-corrected chi connectivity index (χ1v) is 6.41. The molecule has 0 N–H and O–H groups in total. The molecule has 0 bridgehead atoms. The Morgan fingerprint density at radius 1 is 1.32 bits per heavy atom. The first-order chi connectivity index (χ1) is 8.95. The van der Waals surface area contributed by atoms with E-state index in [1.165, 1.54) is 24.3 Å². The number of benzene rings is 1. The zero-order valence-electron chi connectivity index (χ0n) is 10.8. The molecule has 1 rings (SSSR count). The highest BCUT2D eigenvalue weighted by Crippen LogP contribution is 2.16. The number of ether oxygens (including phenoxy) is 1. The number of alkyl halides is 3. The molecule has 0 aliphatic carbocycles. The van der Waals surface area contributed by atoms with Crippen molar-refractivity contribution in [2.24, 2.45) is 0 Å². The Hall–Kier alpha value is -1.36. The van der Waals surface area contributed by atoms with Gasteiger partial charge in [0.1, 0.15) is 5.75 Å². The molecule has 0 saturated carbocycles. The van der Waals surface area contributed by atoms with Crippen LogP contribution in [-0.2, 0) is 0 Å². The van der Waals surface area contributed by atoms with Crippen molar-refractivity contribution in [2.45, 2.75) is 26.5 Å². The fourth-order valence-electron chi connectivity index (χ4n) is 1.63. The van der Waals surface area contributed by atoms with E-state index in [4.69, 9.17) is 11.6 Å². The molecule has 0 fully saturated rings. The molecule has 0 saturated heterocycles. The third-order valence-corrected chi connectivity index (χ3v) is 2.71. The molecule has 1 aromatic carbocycles. The van der Waals surface area contributed by atoms with Crippen LogP contribution in [0.15, 0.2) is 24.3 Å². The molecule has 0 radical (unpaired) electrons.